The van der Waals surface area contributed by atoms with Gasteiger partial charge < -0.3 is 20.7 Å². The summed E-state index contributed by atoms with van der Waals surface area (Å²) < 4.78 is 5.85. The smallest absolute Gasteiger partial charge is 0.307 e. The summed E-state index contributed by atoms with van der Waals surface area (Å²) in [4.78, 5) is 19.0. The number of aliphatic carboxylic acids is 1. The number of hydrogen-bond donors (Lipinski definition) is 3. The number of fused-ring (bicyclic) bond motifs is 2. The van der Waals surface area contributed by atoms with Gasteiger partial charge in [0.1, 0.15) is 11.6 Å². The molecule has 242 valence electrons. The van der Waals surface area contributed by atoms with Gasteiger partial charge in [0.25, 0.3) is 0 Å². The number of hydrogen-bond acceptors (Lipinski definition) is 6. The Morgan fingerprint density at radius 2 is 1.67 bits per heavy atom. The molecule has 2 aliphatic rings. The Balaban J connectivity index is 0.000000775. The van der Waals surface area contributed by atoms with Gasteiger partial charge in [-0.2, -0.15) is 0 Å². The highest BCUT2D eigenvalue weighted by molar-refractivity contribution is 6.31. The number of anilines is 1. The number of benzene rings is 3. The molecule has 3 aromatic carbocycles. The molecule has 7 nitrogen and oxygen atoms in total. The number of nitrogen functional groups attached to an aromatic ring is 1. The first-order valence-electron chi connectivity index (χ1n) is 15.9. The molecular weight excluding hydrogens is 598 g/mol. The Morgan fingerprint density at radius 3 is 2.39 bits per heavy atom. The number of ether oxygens (including phenoxy) is 1. The molecule has 0 amide bonds. The van der Waals surface area contributed by atoms with E-state index in [1.165, 1.54) is 22.3 Å². The fraction of sp³-hybridized carbons (Fsp3) is 0.368. The summed E-state index contributed by atoms with van der Waals surface area (Å²) in [6.07, 6.45) is 2.66. The van der Waals surface area contributed by atoms with Crippen LogP contribution in [-0.4, -0.2) is 44.8 Å². The van der Waals surface area contributed by atoms with Crippen LogP contribution >= 0.6 is 11.6 Å². The molecule has 1 aromatic heterocycles. The van der Waals surface area contributed by atoms with E-state index in [0.29, 0.717) is 23.7 Å². The molecule has 4 N–H and O–H groups in total. The molecule has 0 saturated carbocycles. The SMILES string of the molecule is CC(C)(C)O.Cc1cccc(Cl)c1CN1CCc2cc(-c3c(N)nc(C)c(CC(=O)O)c3-c3ccc4c(c3)CCCO4)ccc2C1. The van der Waals surface area contributed by atoms with Gasteiger partial charge in [0.05, 0.1) is 18.6 Å². The Morgan fingerprint density at radius 1 is 0.978 bits per heavy atom. The summed E-state index contributed by atoms with van der Waals surface area (Å²) in [6, 6.07) is 18.7. The third-order valence-corrected chi connectivity index (χ3v) is 8.73. The molecule has 0 fully saturated rings. The van der Waals surface area contributed by atoms with Crippen molar-refractivity contribution in [3.8, 4) is 28.0 Å². The predicted molar refractivity (Wildman–Crippen MR) is 185 cm³/mol. The standard InChI is InChI=1S/C34H34ClN3O3.C4H10O/c1-20-5-3-7-29(35)28(20)19-38-13-12-22-15-25(8-9-26(22)18-38)33-32(27(17-31(39)40)21(2)37-34(33)36)24-10-11-30-23(16-24)6-4-14-41-30;1-4(2,3)5/h3,5,7-11,15-16H,4,6,12-14,17-19H2,1-2H3,(H2,36,37)(H,39,40);5H,1-3H3. The molecule has 4 aromatic rings. The Kier molecular flexibility index (Phi) is 10.1. The number of carboxylic acid groups (broad SMARTS) is 1. The topological polar surface area (TPSA) is 109 Å². The molecule has 0 radical (unpaired) electrons. The first-order valence-corrected chi connectivity index (χ1v) is 16.2. The van der Waals surface area contributed by atoms with E-state index in [-0.39, 0.29) is 6.42 Å². The summed E-state index contributed by atoms with van der Waals surface area (Å²) in [6.45, 7) is 12.5. The van der Waals surface area contributed by atoms with Crippen LogP contribution in [0.3, 0.4) is 0 Å². The van der Waals surface area contributed by atoms with Crippen molar-refractivity contribution >= 4 is 23.4 Å². The third kappa shape index (κ3) is 7.89. The largest absolute Gasteiger partial charge is 0.493 e. The van der Waals surface area contributed by atoms with E-state index in [1.807, 2.05) is 31.2 Å². The molecule has 6 rings (SSSR count). The zero-order valence-electron chi connectivity index (χ0n) is 27.4. The predicted octanol–water partition coefficient (Wildman–Crippen LogP) is 7.56. The van der Waals surface area contributed by atoms with Gasteiger partial charge in [-0.05, 0) is 122 Å². The second-order valence-corrected chi connectivity index (χ2v) is 13.7. The van der Waals surface area contributed by atoms with Crippen molar-refractivity contribution in [2.45, 2.75) is 79.0 Å². The number of carbonyl (C=O) groups is 1. The summed E-state index contributed by atoms with van der Waals surface area (Å²) in [5.41, 5.74) is 17.1. The van der Waals surface area contributed by atoms with Crippen molar-refractivity contribution in [1.29, 1.82) is 0 Å². The second-order valence-electron chi connectivity index (χ2n) is 13.3. The first kappa shape index (κ1) is 33.5. The molecule has 0 aliphatic carbocycles. The normalized spacial score (nSPS) is 14.4. The summed E-state index contributed by atoms with van der Waals surface area (Å²) in [5, 5.41) is 19.1. The van der Waals surface area contributed by atoms with Gasteiger partial charge >= 0.3 is 5.97 Å². The van der Waals surface area contributed by atoms with Crippen LogP contribution in [0.2, 0.25) is 5.02 Å². The number of rotatable bonds is 6. The van der Waals surface area contributed by atoms with Crippen molar-refractivity contribution in [3.63, 3.8) is 0 Å². The van der Waals surface area contributed by atoms with Crippen molar-refractivity contribution in [2.24, 2.45) is 0 Å². The number of aryl methyl sites for hydroxylation is 3. The Labute approximate surface area is 277 Å². The van der Waals surface area contributed by atoms with Crippen LogP contribution in [0.15, 0.2) is 54.6 Å². The van der Waals surface area contributed by atoms with E-state index in [1.54, 1.807) is 20.8 Å². The molecule has 3 heterocycles. The van der Waals surface area contributed by atoms with E-state index in [4.69, 9.17) is 27.2 Å². The number of carboxylic acids is 1. The van der Waals surface area contributed by atoms with Crippen LogP contribution in [0.5, 0.6) is 5.75 Å². The van der Waals surface area contributed by atoms with Crippen LogP contribution in [0.1, 0.15) is 66.3 Å². The molecule has 0 saturated heterocycles. The molecule has 8 heteroatoms. The average molecular weight is 642 g/mol. The van der Waals surface area contributed by atoms with Crippen molar-refractivity contribution in [2.75, 3.05) is 18.9 Å². The van der Waals surface area contributed by atoms with E-state index in [9.17, 15) is 9.90 Å². The Hall–Kier alpha value is -3.91. The highest BCUT2D eigenvalue weighted by Gasteiger charge is 2.25. The maximum absolute atomic E-state index is 12.0. The van der Waals surface area contributed by atoms with Gasteiger partial charge in [-0.3, -0.25) is 9.69 Å². The minimum Gasteiger partial charge on any atom is -0.493 e. The monoisotopic (exact) mass is 641 g/mol. The quantitative estimate of drug-likeness (QED) is 0.199. The zero-order valence-corrected chi connectivity index (χ0v) is 28.2. The van der Waals surface area contributed by atoms with Crippen LogP contribution in [0, 0.1) is 13.8 Å². The van der Waals surface area contributed by atoms with Crippen molar-refractivity contribution in [1.82, 2.24) is 9.88 Å². The maximum atomic E-state index is 12.0. The maximum Gasteiger partial charge on any atom is 0.307 e. The van der Waals surface area contributed by atoms with Gasteiger partial charge in [-0.15, -0.1) is 0 Å². The third-order valence-electron chi connectivity index (χ3n) is 8.38. The van der Waals surface area contributed by atoms with Gasteiger partial charge in [0, 0.05) is 35.9 Å². The number of halogens is 1. The van der Waals surface area contributed by atoms with Gasteiger partial charge in [-0.1, -0.05) is 48.0 Å². The number of aromatic nitrogens is 1. The van der Waals surface area contributed by atoms with Crippen molar-refractivity contribution in [3.05, 3.63) is 98.7 Å². The average Bonchev–Trinajstić information content (AvgIpc) is 2.99. The lowest BCUT2D eigenvalue weighted by atomic mass is 9.86. The highest BCUT2D eigenvalue weighted by Crippen LogP contribution is 2.42. The van der Waals surface area contributed by atoms with E-state index < -0.39 is 11.6 Å². The van der Waals surface area contributed by atoms with Crippen LogP contribution in [0.25, 0.3) is 22.3 Å². The van der Waals surface area contributed by atoms with Crippen molar-refractivity contribution < 1.29 is 19.7 Å². The second kappa shape index (κ2) is 13.8. The first-order chi connectivity index (χ1) is 21.8. The summed E-state index contributed by atoms with van der Waals surface area (Å²) in [5.74, 6) is 0.407. The van der Waals surface area contributed by atoms with Crippen LogP contribution in [-0.2, 0) is 37.1 Å². The fourth-order valence-electron chi connectivity index (χ4n) is 6.25. The van der Waals surface area contributed by atoms with E-state index in [2.05, 4.69) is 47.1 Å². The minimum absolute atomic E-state index is 0.129. The lowest BCUT2D eigenvalue weighted by Crippen LogP contribution is -2.30. The summed E-state index contributed by atoms with van der Waals surface area (Å²) >= 11 is 6.52. The summed E-state index contributed by atoms with van der Waals surface area (Å²) in [7, 11) is 0. The number of pyridine rings is 1. The minimum atomic E-state index is -0.896. The van der Waals surface area contributed by atoms with Gasteiger partial charge in [0.2, 0.25) is 0 Å². The molecular formula is C38H44ClN3O4. The molecule has 0 unspecified atom stereocenters. The molecule has 0 bridgehead atoms. The molecule has 2 aliphatic heterocycles. The van der Waals surface area contributed by atoms with Crippen LogP contribution < -0.4 is 10.5 Å². The lowest BCUT2D eigenvalue weighted by Gasteiger charge is -2.30. The molecule has 0 spiro atoms. The Bertz CT molecular complexity index is 1740. The fourth-order valence-corrected chi connectivity index (χ4v) is 6.53. The van der Waals surface area contributed by atoms with E-state index in [0.717, 1.165) is 77.5 Å². The lowest BCUT2D eigenvalue weighted by molar-refractivity contribution is -0.136. The number of nitrogens with two attached hydrogens (primary N) is 1. The highest BCUT2D eigenvalue weighted by atomic mass is 35.5. The van der Waals surface area contributed by atoms with Gasteiger partial charge in [0.15, 0.2) is 0 Å². The van der Waals surface area contributed by atoms with Gasteiger partial charge in [-0.25, -0.2) is 4.98 Å². The number of aliphatic hydroxyl groups is 1. The molecule has 0 atom stereocenters. The molecule has 46 heavy (non-hydrogen) atoms. The van der Waals surface area contributed by atoms with Crippen LogP contribution in [0.4, 0.5) is 5.82 Å². The van der Waals surface area contributed by atoms with E-state index >= 15 is 0 Å². The number of nitrogens with zero attached hydrogens (tertiary/aromatic N) is 2. The zero-order chi connectivity index (χ0) is 33.2.